The number of carbonyl (C=O) groups is 1. The highest BCUT2D eigenvalue weighted by molar-refractivity contribution is 5.93. The Hall–Kier alpha value is -2.94. The summed E-state index contributed by atoms with van der Waals surface area (Å²) < 4.78 is 4.68. The zero-order valence-corrected chi connectivity index (χ0v) is 14.0. The number of rotatable bonds is 3. The number of benzene rings is 2. The van der Waals surface area contributed by atoms with E-state index >= 15 is 0 Å². The maximum Gasteiger partial charge on any atom is 0.330 e. The number of nitrogens with zero attached hydrogens (tertiary/aromatic N) is 1. The lowest BCUT2D eigenvalue weighted by atomic mass is 9.98. The van der Waals surface area contributed by atoms with Gasteiger partial charge in [-0.25, -0.2) is 4.79 Å². The van der Waals surface area contributed by atoms with Crippen LogP contribution < -0.4 is 0 Å². The van der Waals surface area contributed by atoms with Crippen molar-refractivity contribution >= 4 is 22.4 Å². The summed E-state index contributed by atoms with van der Waals surface area (Å²) in [5.74, 6) is -0.360. The topological polar surface area (TPSA) is 39.2 Å². The summed E-state index contributed by atoms with van der Waals surface area (Å²) in [6.45, 7) is 3.99. The number of carbonyl (C=O) groups excluding carboxylic acids is 1. The normalized spacial score (nSPS) is 11.5. The lowest BCUT2D eigenvalue weighted by Crippen LogP contribution is -1.96. The Morgan fingerprint density at radius 1 is 1.12 bits per heavy atom. The van der Waals surface area contributed by atoms with Gasteiger partial charge in [0.25, 0.3) is 0 Å². The molecule has 0 amide bonds. The van der Waals surface area contributed by atoms with E-state index < -0.39 is 0 Å². The van der Waals surface area contributed by atoms with Crippen LogP contribution in [0.25, 0.3) is 27.6 Å². The van der Waals surface area contributed by atoms with Crippen LogP contribution in [0.2, 0.25) is 0 Å². The molecule has 0 fully saturated rings. The van der Waals surface area contributed by atoms with E-state index in [1.54, 1.807) is 6.20 Å². The molecule has 0 aliphatic carbocycles. The number of ether oxygens (including phenoxy) is 1. The Bertz CT molecular complexity index is 941. The highest BCUT2D eigenvalue weighted by atomic mass is 16.5. The molecule has 0 spiro atoms. The lowest BCUT2D eigenvalue weighted by molar-refractivity contribution is -0.134. The van der Waals surface area contributed by atoms with Gasteiger partial charge in [-0.2, -0.15) is 0 Å². The van der Waals surface area contributed by atoms with Crippen LogP contribution in [0.3, 0.4) is 0 Å². The Balaban J connectivity index is 2.07. The SMILES string of the molecule is COC(=O)/C=C(\C)c1cnc2ccc(-c3ccccc3C)cc2c1. The molecule has 3 rings (SSSR count). The highest BCUT2D eigenvalue weighted by Crippen LogP contribution is 2.27. The molecule has 0 bridgehead atoms. The average Bonchev–Trinajstić information content (AvgIpc) is 2.61. The summed E-state index contributed by atoms with van der Waals surface area (Å²) in [5, 5.41) is 1.05. The third-order valence-electron chi connectivity index (χ3n) is 4.13. The van der Waals surface area contributed by atoms with Crippen LogP contribution in [-0.2, 0) is 9.53 Å². The number of methoxy groups -OCH3 is 1. The zero-order valence-electron chi connectivity index (χ0n) is 14.0. The fraction of sp³-hybridized carbons (Fsp3) is 0.143. The smallest absolute Gasteiger partial charge is 0.330 e. The summed E-state index contributed by atoms with van der Waals surface area (Å²) in [7, 11) is 1.37. The van der Waals surface area contributed by atoms with Gasteiger partial charge in [0.1, 0.15) is 0 Å². The van der Waals surface area contributed by atoms with Crippen LogP contribution >= 0.6 is 0 Å². The van der Waals surface area contributed by atoms with Gasteiger partial charge in [-0.05, 0) is 59.9 Å². The molecular weight excluding hydrogens is 298 g/mol. The van der Waals surface area contributed by atoms with Gasteiger partial charge in [0.15, 0.2) is 0 Å². The van der Waals surface area contributed by atoms with Crippen LogP contribution in [0.15, 0.2) is 60.8 Å². The molecule has 0 unspecified atom stereocenters. The molecule has 3 aromatic rings. The first-order chi connectivity index (χ1) is 11.6. The predicted molar refractivity (Wildman–Crippen MR) is 97.6 cm³/mol. The van der Waals surface area contributed by atoms with Crippen molar-refractivity contribution in [3.8, 4) is 11.1 Å². The molecular formula is C21H19NO2. The van der Waals surface area contributed by atoms with E-state index in [1.165, 1.54) is 24.3 Å². The Morgan fingerprint density at radius 2 is 1.92 bits per heavy atom. The van der Waals surface area contributed by atoms with Gasteiger partial charge in [0.05, 0.1) is 12.6 Å². The van der Waals surface area contributed by atoms with E-state index in [-0.39, 0.29) is 5.97 Å². The first kappa shape index (κ1) is 15.9. The minimum atomic E-state index is -0.360. The molecule has 0 aliphatic rings. The van der Waals surface area contributed by atoms with E-state index in [9.17, 15) is 4.79 Å². The lowest BCUT2D eigenvalue weighted by Gasteiger charge is -2.08. The second-order valence-electron chi connectivity index (χ2n) is 5.80. The summed E-state index contributed by atoms with van der Waals surface area (Å²) >= 11 is 0. The molecule has 1 aromatic heterocycles. The van der Waals surface area contributed by atoms with Crippen molar-refractivity contribution in [2.45, 2.75) is 13.8 Å². The van der Waals surface area contributed by atoms with Crippen molar-refractivity contribution in [1.82, 2.24) is 4.98 Å². The van der Waals surface area contributed by atoms with Gasteiger partial charge < -0.3 is 4.74 Å². The van der Waals surface area contributed by atoms with Crippen molar-refractivity contribution in [1.29, 1.82) is 0 Å². The van der Waals surface area contributed by atoms with Crippen LogP contribution in [0, 0.1) is 6.92 Å². The van der Waals surface area contributed by atoms with E-state index in [1.807, 2.05) is 25.1 Å². The molecule has 0 N–H and O–H groups in total. The van der Waals surface area contributed by atoms with Gasteiger partial charge >= 0.3 is 5.97 Å². The largest absolute Gasteiger partial charge is 0.466 e. The number of allylic oxidation sites excluding steroid dienone is 1. The molecule has 3 heteroatoms. The number of fused-ring (bicyclic) bond motifs is 1. The maximum atomic E-state index is 11.4. The van der Waals surface area contributed by atoms with E-state index in [0.717, 1.165) is 27.6 Å². The van der Waals surface area contributed by atoms with Gasteiger partial charge in [-0.3, -0.25) is 4.98 Å². The molecule has 0 aliphatic heterocycles. The van der Waals surface area contributed by atoms with Crippen molar-refractivity contribution in [3.05, 3.63) is 71.9 Å². The van der Waals surface area contributed by atoms with E-state index in [0.29, 0.717) is 0 Å². The van der Waals surface area contributed by atoms with Crippen LogP contribution in [0.5, 0.6) is 0 Å². The fourth-order valence-corrected chi connectivity index (χ4v) is 2.73. The van der Waals surface area contributed by atoms with Gasteiger partial charge in [0.2, 0.25) is 0 Å². The maximum absolute atomic E-state index is 11.4. The van der Waals surface area contributed by atoms with Crippen LogP contribution in [0.1, 0.15) is 18.1 Å². The summed E-state index contributed by atoms with van der Waals surface area (Å²) in [5.41, 5.74) is 6.29. The molecule has 3 nitrogen and oxygen atoms in total. The van der Waals surface area contributed by atoms with Gasteiger partial charge in [-0.1, -0.05) is 30.3 Å². The van der Waals surface area contributed by atoms with Crippen LogP contribution in [-0.4, -0.2) is 18.1 Å². The van der Waals surface area contributed by atoms with Gasteiger partial charge in [0, 0.05) is 17.7 Å². The molecule has 1 heterocycles. The standard InChI is InChI=1S/C21H19NO2/c1-14-6-4-5-7-19(14)16-8-9-20-17(11-16)12-18(13-22-20)15(2)10-21(23)24-3/h4-13H,1-3H3/b15-10+. The highest BCUT2D eigenvalue weighted by Gasteiger charge is 2.06. The number of aromatic nitrogens is 1. The van der Waals surface area contributed by atoms with Crippen molar-refractivity contribution in [2.75, 3.05) is 7.11 Å². The summed E-state index contributed by atoms with van der Waals surface area (Å²) in [6.07, 6.45) is 3.26. The van der Waals surface area contributed by atoms with Crippen molar-refractivity contribution in [3.63, 3.8) is 0 Å². The first-order valence-corrected chi connectivity index (χ1v) is 7.81. The molecule has 24 heavy (non-hydrogen) atoms. The minimum absolute atomic E-state index is 0.360. The second-order valence-corrected chi connectivity index (χ2v) is 5.80. The average molecular weight is 317 g/mol. The van der Waals surface area contributed by atoms with Crippen molar-refractivity contribution in [2.24, 2.45) is 0 Å². The monoisotopic (exact) mass is 317 g/mol. The van der Waals surface area contributed by atoms with E-state index in [4.69, 9.17) is 0 Å². The molecule has 2 aromatic carbocycles. The van der Waals surface area contributed by atoms with Crippen molar-refractivity contribution < 1.29 is 9.53 Å². The number of aryl methyl sites for hydroxylation is 1. The third kappa shape index (κ3) is 3.20. The number of pyridine rings is 1. The third-order valence-corrected chi connectivity index (χ3v) is 4.13. The number of esters is 1. The van der Waals surface area contributed by atoms with Crippen LogP contribution in [0.4, 0.5) is 0 Å². The van der Waals surface area contributed by atoms with E-state index in [2.05, 4.69) is 47.0 Å². The summed E-state index contributed by atoms with van der Waals surface area (Å²) in [4.78, 5) is 15.9. The predicted octanol–water partition coefficient (Wildman–Crippen LogP) is 4.79. The van der Waals surface area contributed by atoms with Gasteiger partial charge in [-0.15, -0.1) is 0 Å². The molecule has 0 saturated carbocycles. The minimum Gasteiger partial charge on any atom is -0.466 e. The number of hydrogen-bond acceptors (Lipinski definition) is 3. The summed E-state index contributed by atoms with van der Waals surface area (Å²) in [6, 6.07) is 16.6. The first-order valence-electron chi connectivity index (χ1n) is 7.81. The number of hydrogen-bond donors (Lipinski definition) is 0. The molecule has 0 saturated heterocycles. The zero-order chi connectivity index (χ0) is 17.1. The Morgan fingerprint density at radius 3 is 2.67 bits per heavy atom. The molecule has 0 radical (unpaired) electrons. The molecule has 120 valence electrons. The Kier molecular flexibility index (Phi) is 4.43. The quantitative estimate of drug-likeness (QED) is 0.515. The molecule has 0 atom stereocenters. The second kappa shape index (κ2) is 6.67. The fourth-order valence-electron chi connectivity index (χ4n) is 2.73. The Labute approximate surface area is 141 Å².